The molecule has 0 fully saturated rings. The minimum absolute atomic E-state index is 0.0317. The maximum Gasteiger partial charge on any atom is 0.320 e. The highest BCUT2D eigenvalue weighted by atomic mass is 16.2. The highest BCUT2D eigenvalue weighted by molar-refractivity contribution is 5.95. The van der Waals surface area contributed by atoms with Crippen LogP contribution in [0.15, 0.2) is 36.8 Å². The number of rotatable bonds is 5. The van der Waals surface area contributed by atoms with Gasteiger partial charge in [-0.15, -0.1) is 0 Å². The normalized spacial score (nSPS) is 10.6. The van der Waals surface area contributed by atoms with Crippen molar-refractivity contribution in [3.63, 3.8) is 0 Å². The lowest BCUT2D eigenvalue weighted by Gasteiger charge is -2.08. The van der Waals surface area contributed by atoms with Crippen LogP contribution >= 0.6 is 0 Å². The zero-order valence-corrected chi connectivity index (χ0v) is 14.5. The fourth-order valence-corrected chi connectivity index (χ4v) is 2.50. The van der Waals surface area contributed by atoms with Crippen molar-refractivity contribution in [1.29, 1.82) is 0 Å². The Balaban J connectivity index is 1.74. The number of imide groups is 1. The molecule has 0 saturated carbocycles. The van der Waals surface area contributed by atoms with Crippen LogP contribution in [0, 0.1) is 0 Å². The Labute approximate surface area is 153 Å². The van der Waals surface area contributed by atoms with E-state index in [4.69, 9.17) is 5.73 Å². The van der Waals surface area contributed by atoms with E-state index in [0.29, 0.717) is 17.2 Å². The Morgan fingerprint density at radius 3 is 2.78 bits per heavy atom. The number of pyridine rings is 1. The van der Waals surface area contributed by atoms with Gasteiger partial charge in [-0.1, -0.05) is 6.07 Å². The quantitative estimate of drug-likeness (QED) is 0.514. The first kappa shape index (κ1) is 17.9. The van der Waals surface area contributed by atoms with Crippen LogP contribution < -0.4 is 21.7 Å². The number of fused-ring (bicyclic) bond motifs is 1. The van der Waals surface area contributed by atoms with Crippen LogP contribution in [0.5, 0.6) is 0 Å². The predicted octanol–water partition coefficient (Wildman–Crippen LogP) is 0.441. The van der Waals surface area contributed by atoms with Crippen molar-refractivity contribution in [1.82, 2.24) is 29.8 Å². The zero-order valence-electron chi connectivity index (χ0n) is 14.5. The van der Waals surface area contributed by atoms with Crippen LogP contribution in [-0.4, -0.2) is 43.7 Å². The van der Waals surface area contributed by atoms with Crippen molar-refractivity contribution < 1.29 is 14.4 Å². The van der Waals surface area contributed by atoms with E-state index in [0.717, 1.165) is 5.56 Å². The molecule has 0 unspecified atom stereocenters. The van der Waals surface area contributed by atoms with Crippen molar-refractivity contribution in [2.24, 2.45) is 12.8 Å². The molecular formula is C16H18N8O3. The summed E-state index contributed by atoms with van der Waals surface area (Å²) in [6.45, 7) is 0.0317. The highest BCUT2D eigenvalue weighted by Crippen LogP contribution is 2.28. The molecule has 0 aliphatic rings. The second-order valence-electron chi connectivity index (χ2n) is 5.68. The highest BCUT2D eigenvalue weighted by Gasteiger charge is 2.17. The lowest BCUT2D eigenvalue weighted by atomic mass is 10.2. The average Bonchev–Trinajstić information content (AvgIpc) is 3.18. The summed E-state index contributed by atoms with van der Waals surface area (Å²) >= 11 is 0. The summed E-state index contributed by atoms with van der Waals surface area (Å²) < 4.78 is 3.38. The Kier molecular flexibility index (Phi) is 5.01. The third-order valence-corrected chi connectivity index (χ3v) is 3.64. The molecule has 5 N–H and O–H groups in total. The maximum absolute atomic E-state index is 12.2. The van der Waals surface area contributed by atoms with Crippen molar-refractivity contribution in [3.05, 3.63) is 36.8 Å². The van der Waals surface area contributed by atoms with Crippen LogP contribution in [0.2, 0.25) is 0 Å². The molecule has 0 saturated heterocycles. The van der Waals surface area contributed by atoms with Crippen LogP contribution in [0.25, 0.3) is 16.9 Å². The largest absolute Gasteiger partial charge is 0.351 e. The number of urea groups is 2. The van der Waals surface area contributed by atoms with Gasteiger partial charge in [0.05, 0.1) is 6.20 Å². The number of hydrogen-bond donors (Lipinski definition) is 4. The smallest absolute Gasteiger partial charge is 0.320 e. The van der Waals surface area contributed by atoms with Gasteiger partial charge >= 0.3 is 12.1 Å². The van der Waals surface area contributed by atoms with E-state index in [-0.39, 0.29) is 13.0 Å². The topological polar surface area (TPSA) is 148 Å². The Bertz CT molecular complexity index is 1010. The Morgan fingerprint density at radius 1 is 1.26 bits per heavy atom. The van der Waals surface area contributed by atoms with Crippen LogP contribution in [0.1, 0.15) is 6.42 Å². The first-order valence-corrected chi connectivity index (χ1v) is 8.04. The van der Waals surface area contributed by atoms with Crippen molar-refractivity contribution in [3.8, 4) is 11.3 Å². The number of aryl methyl sites for hydroxylation is 1. The molecule has 0 aliphatic carbocycles. The van der Waals surface area contributed by atoms with E-state index in [1.165, 1.54) is 0 Å². The molecule has 5 amide bonds. The summed E-state index contributed by atoms with van der Waals surface area (Å²) in [5.41, 5.74) is 6.83. The first-order chi connectivity index (χ1) is 12.9. The van der Waals surface area contributed by atoms with Gasteiger partial charge in [-0.05, 0) is 12.1 Å². The van der Waals surface area contributed by atoms with Gasteiger partial charge in [0.25, 0.3) is 0 Å². The molecule has 3 heterocycles. The second-order valence-corrected chi connectivity index (χ2v) is 5.68. The Morgan fingerprint density at radius 2 is 2.07 bits per heavy atom. The number of nitrogens with zero attached hydrogens (tertiary/aromatic N) is 4. The summed E-state index contributed by atoms with van der Waals surface area (Å²) in [6, 6.07) is 4.03. The number of amides is 5. The van der Waals surface area contributed by atoms with Crippen LogP contribution in [-0.2, 0) is 11.8 Å². The van der Waals surface area contributed by atoms with Gasteiger partial charge in [-0.25, -0.2) is 14.6 Å². The minimum Gasteiger partial charge on any atom is -0.351 e. The molecule has 3 aromatic rings. The lowest BCUT2D eigenvalue weighted by Crippen LogP contribution is -2.38. The van der Waals surface area contributed by atoms with Gasteiger partial charge in [0.15, 0.2) is 0 Å². The number of anilines is 1. The molecule has 11 nitrogen and oxygen atoms in total. The monoisotopic (exact) mass is 370 g/mol. The fourth-order valence-electron chi connectivity index (χ4n) is 2.50. The summed E-state index contributed by atoms with van der Waals surface area (Å²) in [5.74, 6) is -0.105. The minimum atomic E-state index is -0.934. The third-order valence-electron chi connectivity index (χ3n) is 3.64. The number of hydrogen-bond acceptors (Lipinski definition) is 5. The zero-order chi connectivity index (χ0) is 19.4. The number of nitrogens with two attached hydrogens (primary N) is 1. The molecule has 3 aromatic heterocycles. The number of carbonyl (C=O) groups is 3. The van der Waals surface area contributed by atoms with Gasteiger partial charge in [0, 0.05) is 38.0 Å². The number of aromatic nitrogens is 4. The SMILES string of the molecule is Cn1cc(-c2nc3ccccn3c2NC(=O)NCCC(=O)NC(N)=O)cn1. The predicted molar refractivity (Wildman–Crippen MR) is 96.8 cm³/mol. The number of nitrogens with one attached hydrogen (secondary N) is 3. The van der Waals surface area contributed by atoms with Gasteiger partial charge in [0.2, 0.25) is 5.91 Å². The number of carbonyl (C=O) groups excluding carboxylic acids is 3. The number of imidazole rings is 1. The standard InChI is InChI=1S/C16H18N8O3/c1-23-9-10(8-19-23)13-14(24-7-3-2-4-11(24)20-13)22-16(27)18-6-5-12(25)21-15(17)26/h2-4,7-9H,5-6H2,1H3,(H2,18,22,27)(H3,17,21,25,26). The molecule has 0 bridgehead atoms. The molecule has 0 spiro atoms. The summed E-state index contributed by atoms with van der Waals surface area (Å²) in [6.07, 6.45) is 5.13. The van der Waals surface area contributed by atoms with Gasteiger partial charge in [-0.2, -0.15) is 5.10 Å². The van der Waals surface area contributed by atoms with Crippen molar-refractivity contribution >= 4 is 29.4 Å². The van der Waals surface area contributed by atoms with E-state index in [2.05, 4.69) is 20.7 Å². The van der Waals surface area contributed by atoms with E-state index in [1.54, 1.807) is 34.7 Å². The number of primary amides is 1. The molecule has 0 atom stereocenters. The summed E-state index contributed by atoms with van der Waals surface area (Å²) in [4.78, 5) is 38.7. The molecule has 0 aromatic carbocycles. The molecule has 140 valence electrons. The second kappa shape index (κ2) is 7.56. The van der Waals surface area contributed by atoms with Crippen LogP contribution in [0.3, 0.4) is 0 Å². The Hall–Kier alpha value is -3.89. The van der Waals surface area contributed by atoms with E-state index >= 15 is 0 Å². The molecule has 11 heteroatoms. The average molecular weight is 370 g/mol. The van der Waals surface area contributed by atoms with Gasteiger partial charge in [0.1, 0.15) is 17.2 Å². The van der Waals surface area contributed by atoms with Gasteiger partial charge in [-0.3, -0.25) is 24.5 Å². The summed E-state index contributed by atoms with van der Waals surface area (Å²) in [7, 11) is 1.79. The maximum atomic E-state index is 12.2. The van der Waals surface area contributed by atoms with E-state index < -0.39 is 18.0 Å². The first-order valence-electron chi connectivity index (χ1n) is 8.04. The van der Waals surface area contributed by atoms with Crippen LogP contribution in [0.4, 0.5) is 15.4 Å². The molecule has 0 aliphatic heterocycles. The fraction of sp³-hybridized carbons (Fsp3) is 0.188. The van der Waals surface area contributed by atoms with Crippen molar-refractivity contribution in [2.75, 3.05) is 11.9 Å². The molecule has 27 heavy (non-hydrogen) atoms. The van der Waals surface area contributed by atoms with Crippen molar-refractivity contribution in [2.45, 2.75) is 6.42 Å². The van der Waals surface area contributed by atoms with E-state index in [9.17, 15) is 14.4 Å². The van der Waals surface area contributed by atoms with E-state index in [1.807, 2.05) is 23.5 Å². The third kappa shape index (κ3) is 4.21. The molecular weight excluding hydrogens is 352 g/mol. The van der Waals surface area contributed by atoms with Gasteiger partial charge < -0.3 is 11.1 Å². The summed E-state index contributed by atoms with van der Waals surface area (Å²) in [5, 5.41) is 11.4. The molecule has 3 rings (SSSR count). The molecule has 0 radical (unpaired) electrons. The lowest BCUT2D eigenvalue weighted by molar-refractivity contribution is -0.119.